The van der Waals surface area contributed by atoms with E-state index in [4.69, 9.17) is 5.73 Å². The van der Waals surface area contributed by atoms with E-state index in [2.05, 4.69) is 5.32 Å². The van der Waals surface area contributed by atoms with Gasteiger partial charge in [-0.3, -0.25) is 0 Å². The van der Waals surface area contributed by atoms with Crippen LogP contribution >= 0.6 is 11.8 Å². The van der Waals surface area contributed by atoms with Gasteiger partial charge in [-0.2, -0.15) is 0 Å². The van der Waals surface area contributed by atoms with Crippen molar-refractivity contribution in [3.05, 3.63) is 11.8 Å². The molecule has 12 heavy (non-hydrogen) atoms. The maximum absolute atomic E-state index is 10.8. The Morgan fingerprint density at radius 2 is 2.67 bits per heavy atom. The molecule has 2 aliphatic heterocycles. The minimum absolute atomic E-state index is 0.321. The van der Waals surface area contributed by atoms with Crippen LogP contribution in [0.1, 0.15) is 0 Å². The highest BCUT2D eigenvalue weighted by atomic mass is 32.2. The van der Waals surface area contributed by atoms with Gasteiger partial charge in [-0.1, -0.05) is 0 Å². The largest absolute Gasteiger partial charge is 0.379 e. The molecule has 3 N–H and O–H groups in total. The average molecular weight is 185 g/mol. The zero-order valence-electron chi connectivity index (χ0n) is 6.62. The van der Waals surface area contributed by atoms with E-state index in [1.54, 1.807) is 4.90 Å². The van der Waals surface area contributed by atoms with Crippen molar-refractivity contribution in [2.24, 2.45) is 5.73 Å². The number of amides is 2. The second-order valence-electron chi connectivity index (χ2n) is 2.88. The predicted molar refractivity (Wildman–Crippen MR) is 48.6 cm³/mol. The van der Waals surface area contributed by atoms with Crippen molar-refractivity contribution in [1.82, 2.24) is 10.2 Å². The number of carbonyl (C=O) groups excluding carboxylic acids is 1. The van der Waals surface area contributed by atoms with Crippen LogP contribution in [0.25, 0.3) is 0 Å². The van der Waals surface area contributed by atoms with Gasteiger partial charge in [0.05, 0.1) is 11.1 Å². The molecule has 2 rings (SSSR count). The first-order chi connectivity index (χ1) is 5.77. The van der Waals surface area contributed by atoms with E-state index in [1.807, 2.05) is 17.8 Å². The van der Waals surface area contributed by atoms with Crippen molar-refractivity contribution in [2.75, 3.05) is 19.0 Å². The fraction of sp³-hybridized carbons (Fsp3) is 0.571. The number of hydrogen-bond acceptors (Lipinski definition) is 3. The summed E-state index contributed by atoms with van der Waals surface area (Å²) in [5, 5.41) is 3.69. The Labute approximate surface area is 75.2 Å². The van der Waals surface area contributed by atoms with E-state index in [-0.39, 0.29) is 6.03 Å². The zero-order chi connectivity index (χ0) is 8.55. The smallest absolute Gasteiger partial charge is 0.315 e. The molecule has 1 atom stereocenters. The summed E-state index contributed by atoms with van der Waals surface area (Å²) in [6.45, 7) is 1.40. The molecule has 2 amide bonds. The molecule has 0 aromatic heterocycles. The number of nitrogens with zero attached hydrogens (tertiary/aromatic N) is 1. The first-order valence-electron chi connectivity index (χ1n) is 3.87. The van der Waals surface area contributed by atoms with Crippen LogP contribution in [0.15, 0.2) is 11.8 Å². The van der Waals surface area contributed by atoms with E-state index < -0.39 is 0 Å². The van der Waals surface area contributed by atoms with E-state index in [0.717, 1.165) is 12.4 Å². The van der Waals surface area contributed by atoms with Crippen molar-refractivity contribution in [1.29, 1.82) is 0 Å². The van der Waals surface area contributed by atoms with Crippen LogP contribution < -0.4 is 11.1 Å². The van der Waals surface area contributed by atoms with Crippen LogP contribution in [0.3, 0.4) is 0 Å². The number of nitrogens with two attached hydrogens (primary N) is 1. The molecule has 1 saturated heterocycles. The summed E-state index contributed by atoms with van der Waals surface area (Å²) < 4.78 is 0. The lowest BCUT2D eigenvalue weighted by molar-refractivity contribution is 0.212. The molecule has 0 bridgehead atoms. The van der Waals surface area contributed by atoms with Crippen molar-refractivity contribution in [3.63, 3.8) is 0 Å². The summed E-state index contributed by atoms with van der Waals surface area (Å²) in [6, 6.07) is -0.321. The minimum atomic E-state index is -0.321. The molecular formula is C7H11N3OS. The summed E-state index contributed by atoms with van der Waals surface area (Å²) in [6.07, 6.45) is 2.04. The molecule has 66 valence electrons. The maximum atomic E-state index is 10.8. The van der Waals surface area contributed by atoms with E-state index in [1.165, 1.54) is 5.70 Å². The van der Waals surface area contributed by atoms with Crippen molar-refractivity contribution in [2.45, 2.75) is 5.25 Å². The lowest BCUT2D eigenvalue weighted by Gasteiger charge is -2.26. The molecule has 1 unspecified atom stereocenters. The number of fused-ring (bicyclic) bond motifs is 1. The second-order valence-corrected chi connectivity index (χ2v) is 4.07. The Morgan fingerprint density at radius 1 is 1.83 bits per heavy atom. The standard InChI is InChI=1S/C7H11N3OS/c8-7(11)10-2-1-5-6(3-10)12-4-9-5/h1,6,9H,2-4H2,(H2,8,11). The quantitative estimate of drug-likeness (QED) is 0.555. The van der Waals surface area contributed by atoms with Gasteiger partial charge in [0.1, 0.15) is 0 Å². The fourth-order valence-electron chi connectivity index (χ4n) is 1.45. The van der Waals surface area contributed by atoms with Gasteiger partial charge in [0, 0.05) is 18.8 Å². The van der Waals surface area contributed by atoms with Gasteiger partial charge in [-0.05, 0) is 6.08 Å². The number of nitrogens with one attached hydrogen (secondary N) is 1. The zero-order valence-corrected chi connectivity index (χ0v) is 7.43. The van der Waals surface area contributed by atoms with Gasteiger partial charge in [-0.25, -0.2) is 4.79 Å². The highest BCUT2D eigenvalue weighted by molar-refractivity contribution is 8.00. The lowest BCUT2D eigenvalue weighted by Crippen LogP contribution is -2.43. The van der Waals surface area contributed by atoms with Crippen molar-refractivity contribution in [3.8, 4) is 0 Å². The third-order valence-corrected chi connectivity index (χ3v) is 3.25. The Morgan fingerprint density at radius 3 is 3.42 bits per heavy atom. The number of carbonyl (C=O) groups is 1. The predicted octanol–water partition coefficient (Wildman–Crippen LogP) is -0.0729. The van der Waals surface area contributed by atoms with Crippen LogP contribution in [-0.4, -0.2) is 35.1 Å². The van der Waals surface area contributed by atoms with Crippen molar-refractivity contribution < 1.29 is 4.79 Å². The molecule has 1 fully saturated rings. The number of hydrogen-bond donors (Lipinski definition) is 2. The Hall–Kier alpha value is -0.840. The molecule has 0 spiro atoms. The normalized spacial score (nSPS) is 27.5. The van der Waals surface area contributed by atoms with Crippen LogP contribution in [-0.2, 0) is 0 Å². The number of thioether (sulfide) groups is 1. The topological polar surface area (TPSA) is 58.4 Å². The summed E-state index contributed by atoms with van der Waals surface area (Å²) in [5.41, 5.74) is 6.44. The number of urea groups is 1. The molecule has 0 aliphatic carbocycles. The molecule has 2 heterocycles. The first-order valence-corrected chi connectivity index (χ1v) is 4.92. The Bertz CT molecular complexity index is 241. The van der Waals surface area contributed by atoms with E-state index >= 15 is 0 Å². The third-order valence-electron chi connectivity index (χ3n) is 2.14. The monoisotopic (exact) mass is 185 g/mol. The van der Waals surface area contributed by atoms with Crippen LogP contribution in [0.5, 0.6) is 0 Å². The molecule has 0 aromatic rings. The Kier molecular flexibility index (Phi) is 1.88. The second kappa shape index (κ2) is 2.90. The average Bonchev–Trinajstić information content (AvgIpc) is 2.49. The number of rotatable bonds is 0. The van der Waals surface area contributed by atoms with E-state index in [0.29, 0.717) is 11.8 Å². The van der Waals surface area contributed by atoms with Crippen LogP contribution in [0, 0.1) is 0 Å². The summed E-state index contributed by atoms with van der Waals surface area (Å²) in [7, 11) is 0. The first kappa shape index (κ1) is 7.79. The Balaban J connectivity index is 2.08. The SMILES string of the molecule is NC(=O)N1CC=C2NCSC2C1. The third kappa shape index (κ3) is 1.24. The van der Waals surface area contributed by atoms with Gasteiger partial charge in [-0.15, -0.1) is 11.8 Å². The number of primary amides is 1. The van der Waals surface area contributed by atoms with Gasteiger partial charge >= 0.3 is 6.03 Å². The van der Waals surface area contributed by atoms with E-state index in [9.17, 15) is 4.79 Å². The molecule has 0 saturated carbocycles. The molecular weight excluding hydrogens is 174 g/mol. The summed E-state index contributed by atoms with van der Waals surface area (Å²) >= 11 is 1.82. The molecule has 4 nitrogen and oxygen atoms in total. The minimum Gasteiger partial charge on any atom is -0.379 e. The highest BCUT2D eigenvalue weighted by Gasteiger charge is 2.28. The van der Waals surface area contributed by atoms with Gasteiger partial charge in [0.25, 0.3) is 0 Å². The molecule has 0 radical (unpaired) electrons. The van der Waals surface area contributed by atoms with Gasteiger partial charge in [0.2, 0.25) is 0 Å². The lowest BCUT2D eigenvalue weighted by atomic mass is 10.2. The fourth-order valence-corrected chi connectivity index (χ4v) is 2.54. The van der Waals surface area contributed by atoms with Crippen molar-refractivity contribution >= 4 is 17.8 Å². The highest BCUT2D eigenvalue weighted by Crippen LogP contribution is 2.27. The molecule has 0 aromatic carbocycles. The summed E-state index contributed by atoms with van der Waals surface area (Å²) in [5.74, 6) is 0.948. The maximum Gasteiger partial charge on any atom is 0.315 e. The molecule has 2 aliphatic rings. The van der Waals surface area contributed by atoms with Gasteiger partial charge < -0.3 is 16.0 Å². The molecule has 5 heteroatoms. The van der Waals surface area contributed by atoms with Crippen LogP contribution in [0.2, 0.25) is 0 Å². The van der Waals surface area contributed by atoms with Gasteiger partial charge in [0.15, 0.2) is 0 Å². The van der Waals surface area contributed by atoms with Crippen LogP contribution in [0.4, 0.5) is 4.79 Å². The summed E-state index contributed by atoms with van der Waals surface area (Å²) in [4.78, 5) is 12.5.